The number of carbonyl (C=O) groups is 1. The van der Waals surface area contributed by atoms with Gasteiger partial charge in [0.15, 0.2) is 0 Å². The molecule has 0 bridgehead atoms. The highest BCUT2D eigenvalue weighted by atomic mass is 16.1. The molecule has 0 aliphatic rings. The zero-order valence-corrected chi connectivity index (χ0v) is 15.5. The fourth-order valence-electron chi connectivity index (χ4n) is 2.57. The first-order chi connectivity index (χ1) is 11.9. The van der Waals surface area contributed by atoms with Crippen LogP contribution in [0.1, 0.15) is 48.3 Å². The molecular formula is C21H29N3O. The Kier molecular flexibility index (Phi) is 6.59. The van der Waals surface area contributed by atoms with Gasteiger partial charge < -0.3 is 16.4 Å². The maximum Gasteiger partial charge on any atom is 0.251 e. The van der Waals surface area contributed by atoms with Gasteiger partial charge in [-0.1, -0.05) is 50.2 Å². The van der Waals surface area contributed by atoms with Crippen molar-refractivity contribution >= 4 is 11.6 Å². The largest absolute Gasteiger partial charge is 0.382 e. The van der Waals surface area contributed by atoms with E-state index in [4.69, 9.17) is 5.73 Å². The van der Waals surface area contributed by atoms with E-state index in [2.05, 4.69) is 31.4 Å². The second-order valence-electron chi connectivity index (χ2n) is 6.88. The van der Waals surface area contributed by atoms with Crippen molar-refractivity contribution in [3.63, 3.8) is 0 Å². The predicted octanol–water partition coefficient (Wildman–Crippen LogP) is 3.88. The second kappa shape index (κ2) is 8.67. The van der Waals surface area contributed by atoms with E-state index in [1.54, 1.807) is 0 Å². The zero-order valence-electron chi connectivity index (χ0n) is 15.5. The summed E-state index contributed by atoms with van der Waals surface area (Å²) in [5, 5.41) is 6.44. The van der Waals surface area contributed by atoms with E-state index in [9.17, 15) is 4.79 Å². The van der Waals surface area contributed by atoms with Gasteiger partial charge in [0, 0.05) is 29.9 Å². The smallest absolute Gasteiger partial charge is 0.251 e. The maximum atomic E-state index is 12.6. The number of hydrogen-bond acceptors (Lipinski definition) is 3. The van der Waals surface area contributed by atoms with Crippen LogP contribution in [0.4, 0.5) is 5.69 Å². The van der Waals surface area contributed by atoms with Gasteiger partial charge in [-0.2, -0.15) is 0 Å². The van der Waals surface area contributed by atoms with E-state index in [1.807, 2.05) is 55.5 Å². The Morgan fingerprint density at radius 3 is 2.36 bits per heavy atom. The third kappa shape index (κ3) is 5.07. The van der Waals surface area contributed by atoms with Crippen LogP contribution in [0.25, 0.3) is 0 Å². The van der Waals surface area contributed by atoms with E-state index in [0.29, 0.717) is 24.1 Å². The summed E-state index contributed by atoms with van der Waals surface area (Å²) >= 11 is 0. The highest BCUT2D eigenvalue weighted by Crippen LogP contribution is 2.21. The molecule has 0 saturated carbocycles. The Balaban J connectivity index is 2.04. The molecule has 0 aliphatic heterocycles. The number of amides is 1. The molecule has 1 amide bonds. The third-order valence-electron chi connectivity index (χ3n) is 4.67. The number of nitrogens with one attached hydrogen (secondary N) is 2. The molecular weight excluding hydrogens is 310 g/mol. The Labute approximate surface area is 150 Å². The number of hydrogen-bond donors (Lipinski definition) is 3. The minimum absolute atomic E-state index is 0.0928. The summed E-state index contributed by atoms with van der Waals surface area (Å²) in [5.41, 5.74) is 9.82. The number of carbonyl (C=O) groups excluding carboxylic acids is 1. The van der Waals surface area contributed by atoms with E-state index < -0.39 is 0 Å². The van der Waals surface area contributed by atoms with E-state index >= 15 is 0 Å². The van der Waals surface area contributed by atoms with Crippen molar-refractivity contribution in [3.8, 4) is 0 Å². The van der Waals surface area contributed by atoms with Crippen LogP contribution in [-0.4, -0.2) is 18.5 Å². The molecule has 0 aliphatic carbocycles. The molecule has 0 fully saturated rings. The molecule has 0 saturated heterocycles. The van der Waals surface area contributed by atoms with Gasteiger partial charge >= 0.3 is 0 Å². The lowest BCUT2D eigenvalue weighted by Gasteiger charge is -2.21. The topological polar surface area (TPSA) is 67.2 Å². The summed E-state index contributed by atoms with van der Waals surface area (Å²) in [5.74, 6) is 0.422. The highest BCUT2D eigenvalue weighted by molar-refractivity contribution is 5.97. The molecule has 4 nitrogen and oxygen atoms in total. The summed E-state index contributed by atoms with van der Waals surface area (Å²) in [6.45, 7) is 8.88. The lowest BCUT2D eigenvalue weighted by Crippen LogP contribution is -2.32. The van der Waals surface area contributed by atoms with E-state index in [1.165, 1.54) is 0 Å². The van der Waals surface area contributed by atoms with Gasteiger partial charge in [0.05, 0.1) is 0 Å². The fraction of sp³-hybridized carbons (Fsp3) is 0.381. The normalized spacial score (nSPS) is 13.4. The zero-order chi connectivity index (χ0) is 18.4. The van der Waals surface area contributed by atoms with Crippen molar-refractivity contribution in [2.24, 2.45) is 11.7 Å². The fourth-order valence-corrected chi connectivity index (χ4v) is 2.57. The molecule has 0 heterocycles. The molecule has 4 heteroatoms. The van der Waals surface area contributed by atoms with Crippen molar-refractivity contribution in [2.75, 3.05) is 11.9 Å². The lowest BCUT2D eigenvalue weighted by atomic mass is 10.0. The van der Waals surface area contributed by atoms with Crippen LogP contribution in [0, 0.1) is 12.8 Å². The van der Waals surface area contributed by atoms with Crippen LogP contribution in [0.15, 0.2) is 48.5 Å². The van der Waals surface area contributed by atoms with Crippen LogP contribution >= 0.6 is 0 Å². The first kappa shape index (κ1) is 19.0. The number of benzene rings is 2. The third-order valence-corrected chi connectivity index (χ3v) is 4.67. The Morgan fingerprint density at radius 2 is 1.72 bits per heavy atom. The van der Waals surface area contributed by atoms with Crippen molar-refractivity contribution < 1.29 is 4.79 Å². The molecule has 0 spiro atoms. The minimum atomic E-state index is -0.215. The maximum absolute atomic E-state index is 12.6. The predicted molar refractivity (Wildman–Crippen MR) is 105 cm³/mol. The highest BCUT2D eigenvalue weighted by Gasteiger charge is 2.15. The first-order valence-electron chi connectivity index (χ1n) is 8.85. The van der Waals surface area contributed by atoms with Crippen LogP contribution < -0.4 is 16.4 Å². The number of anilines is 1. The van der Waals surface area contributed by atoms with Crippen LogP contribution in [0.5, 0.6) is 0 Å². The van der Waals surface area contributed by atoms with Gasteiger partial charge in [0.1, 0.15) is 0 Å². The molecule has 0 aromatic heterocycles. The number of rotatable bonds is 7. The van der Waals surface area contributed by atoms with Crippen LogP contribution in [0.2, 0.25) is 0 Å². The molecule has 2 rings (SSSR count). The standard InChI is InChI=1S/C21H29N3O/c1-14(2)16(4)24-20-12-8-11-18(15(20)3)21(25)23-13-19(22)17-9-6-5-7-10-17/h5-12,14,16,19,24H,13,22H2,1-4H3,(H,23,25). The summed E-state index contributed by atoms with van der Waals surface area (Å²) in [6.07, 6.45) is 0. The van der Waals surface area contributed by atoms with Crippen molar-refractivity contribution in [3.05, 3.63) is 65.2 Å². The molecule has 0 radical (unpaired) electrons. The average Bonchev–Trinajstić information content (AvgIpc) is 2.61. The first-order valence-corrected chi connectivity index (χ1v) is 8.85. The lowest BCUT2D eigenvalue weighted by molar-refractivity contribution is 0.0950. The van der Waals surface area contributed by atoms with Crippen molar-refractivity contribution in [1.29, 1.82) is 0 Å². The Bertz CT molecular complexity index is 698. The molecule has 2 unspecified atom stereocenters. The summed E-state index contributed by atoms with van der Waals surface area (Å²) in [6, 6.07) is 15.7. The monoisotopic (exact) mass is 339 g/mol. The minimum Gasteiger partial charge on any atom is -0.382 e. The summed E-state index contributed by atoms with van der Waals surface area (Å²) < 4.78 is 0. The van der Waals surface area contributed by atoms with Crippen LogP contribution in [0.3, 0.4) is 0 Å². The van der Waals surface area contributed by atoms with Gasteiger partial charge in [-0.25, -0.2) is 0 Å². The van der Waals surface area contributed by atoms with Gasteiger partial charge in [0.25, 0.3) is 5.91 Å². The van der Waals surface area contributed by atoms with Crippen LogP contribution in [-0.2, 0) is 0 Å². The molecule has 2 aromatic carbocycles. The SMILES string of the molecule is Cc1c(NC(C)C(C)C)cccc1C(=O)NCC(N)c1ccccc1. The second-order valence-corrected chi connectivity index (χ2v) is 6.88. The van der Waals surface area contributed by atoms with Crippen molar-refractivity contribution in [1.82, 2.24) is 5.32 Å². The quantitative estimate of drug-likeness (QED) is 0.717. The van der Waals surface area contributed by atoms with E-state index in [-0.39, 0.29) is 11.9 Å². The molecule has 2 aromatic rings. The van der Waals surface area contributed by atoms with Gasteiger partial charge in [-0.3, -0.25) is 4.79 Å². The Morgan fingerprint density at radius 1 is 1.04 bits per heavy atom. The molecule has 134 valence electrons. The molecule has 25 heavy (non-hydrogen) atoms. The van der Waals surface area contributed by atoms with Gasteiger partial charge in [-0.05, 0) is 43.0 Å². The summed E-state index contributed by atoms with van der Waals surface area (Å²) in [4.78, 5) is 12.6. The van der Waals surface area contributed by atoms with Gasteiger partial charge in [-0.15, -0.1) is 0 Å². The Hall–Kier alpha value is -2.33. The number of nitrogens with two attached hydrogens (primary N) is 1. The molecule has 4 N–H and O–H groups in total. The van der Waals surface area contributed by atoms with E-state index in [0.717, 1.165) is 16.8 Å². The van der Waals surface area contributed by atoms with Gasteiger partial charge in [0.2, 0.25) is 0 Å². The average molecular weight is 339 g/mol. The molecule has 2 atom stereocenters. The summed E-state index contributed by atoms with van der Waals surface area (Å²) in [7, 11) is 0. The van der Waals surface area contributed by atoms with Crippen molar-refractivity contribution in [2.45, 2.75) is 39.8 Å².